The van der Waals surface area contributed by atoms with Crippen LogP contribution in [0, 0.1) is 0 Å². The van der Waals surface area contributed by atoms with E-state index in [1.165, 1.54) is 0 Å². The van der Waals surface area contributed by atoms with Crippen molar-refractivity contribution in [3.63, 3.8) is 0 Å². The Labute approximate surface area is 126 Å². The fraction of sp³-hybridized carbons (Fsp3) is 0.615. The van der Waals surface area contributed by atoms with E-state index < -0.39 is 0 Å². The topological polar surface area (TPSA) is 61.4 Å². The highest BCUT2D eigenvalue weighted by Gasteiger charge is 2.35. The van der Waals surface area contributed by atoms with Crippen molar-refractivity contribution in [2.75, 3.05) is 37.6 Å². The van der Waals surface area contributed by atoms with Crippen LogP contribution in [0.25, 0.3) is 0 Å². The minimum atomic E-state index is -0.103. The second kappa shape index (κ2) is 6.05. The van der Waals surface area contributed by atoms with Gasteiger partial charge >= 0.3 is 0 Å². The average molecular weight is 340 g/mol. The van der Waals surface area contributed by atoms with Gasteiger partial charge in [0.25, 0.3) is 0 Å². The van der Waals surface area contributed by atoms with Crippen molar-refractivity contribution in [3.05, 3.63) is 16.9 Å². The number of amides is 1. The Balaban J connectivity index is 1.74. The summed E-state index contributed by atoms with van der Waals surface area (Å²) >= 11 is 3.34. The molecule has 3 heterocycles. The first-order valence-corrected chi connectivity index (χ1v) is 7.79. The highest BCUT2D eigenvalue weighted by atomic mass is 79.9. The fourth-order valence-electron chi connectivity index (χ4n) is 2.81. The Morgan fingerprint density at radius 1 is 1.25 bits per heavy atom. The first-order valence-electron chi connectivity index (χ1n) is 6.99. The molecule has 0 aliphatic carbocycles. The lowest BCUT2D eigenvalue weighted by molar-refractivity contribution is -0.133. The first kappa shape index (κ1) is 13.8. The number of nitrogens with zero attached hydrogens (tertiary/aromatic N) is 4. The number of carbonyl (C=O) groups excluding carboxylic acids is 1. The highest BCUT2D eigenvalue weighted by molar-refractivity contribution is 9.10. The molecule has 0 saturated carbocycles. The summed E-state index contributed by atoms with van der Waals surface area (Å²) in [5, 5.41) is 3.27. The second-order valence-electron chi connectivity index (χ2n) is 5.13. The summed E-state index contributed by atoms with van der Waals surface area (Å²) in [7, 11) is 0. The van der Waals surface area contributed by atoms with Crippen LogP contribution in [-0.4, -0.2) is 59.5 Å². The minimum absolute atomic E-state index is 0.103. The maximum atomic E-state index is 12.6. The zero-order valence-corrected chi connectivity index (χ0v) is 12.8. The Bertz CT molecular complexity index is 474. The van der Waals surface area contributed by atoms with Gasteiger partial charge in [0.05, 0.1) is 4.47 Å². The van der Waals surface area contributed by atoms with Gasteiger partial charge in [-0.3, -0.25) is 4.79 Å². The van der Waals surface area contributed by atoms with E-state index in [1.807, 2.05) is 9.80 Å². The van der Waals surface area contributed by atoms with E-state index in [1.54, 1.807) is 12.4 Å². The lowest BCUT2D eigenvalue weighted by Gasteiger charge is -2.32. The molecule has 6 nitrogen and oxygen atoms in total. The van der Waals surface area contributed by atoms with Crippen LogP contribution in [-0.2, 0) is 4.79 Å². The van der Waals surface area contributed by atoms with Crippen LogP contribution >= 0.6 is 15.9 Å². The third-order valence-electron chi connectivity index (χ3n) is 3.83. The molecule has 7 heteroatoms. The third kappa shape index (κ3) is 2.78. The molecule has 2 fully saturated rings. The van der Waals surface area contributed by atoms with Crippen molar-refractivity contribution in [1.82, 2.24) is 20.2 Å². The fourth-order valence-corrected chi connectivity index (χ4v) is 3.02. The summed E-state index contributed by atoms with van der Waals surface area (Å²) in [5.41, 5.74) is 0. The molecule has 1 aromatic rings. The summed E-state index contributed by atoms with van der Waals surface area (Å²) in [6.45, 7) is 4.21. The van der Waals surface area contributed by atoms with E-state index in [-0.39, 0.29) is 11.9 Å². The molecule has 0 bridgehead atoms. The van der Waals surface area contributed by atoms with E-state index in [2.05, 4.69) is 31.2 Å². The predicted octanol–water partition coefficient (Wildman–Crippen LogP) is 0.640. The largest absolute Gasteiger partial charge is 0.338 e. The number of nitrogens with one attached hydrogen (secondary N) is 1. The molecule has 2 saturated heterocycles. The third-order valence-corrected chi connectivity index (χ3v) is 4.24. The van der Waals surface area contributed by atoms with Crippen LogP contribution in [0.3, 0.4) is 0 Å². The van der Waals surface area contributed by atoms with E-state index >= 15 is 0 Å². The van der Waals surface area contributed by atoms with Crippen LogP contribution in [0.15, 0.2) is 16.9 Å². The van der Waals surface area contributed by atoms with Gasteiger partial charge in [-0.05, 0) is 28.8 Å². The van der Waals surface area contributed by atoms with Crippen molar-refractivity contribution in [2.24, 2.45) is 0 Å². The maximum absolute atomic E-state index is 12.6. The van der Waals surface area contributed by atoms with Gasteiger partial charge in [-0.15, -0.1) is 0 Å². The number of hydrogen-bond donors (Lipinski definition) is 1. The maximum Gasteiger partial charge on any atom is 0.245 e. The SMILES string of the molecule is O=C(C1CCCN1c1ncc(Br)cn1)N1CCNCC1. The molecule has 3 rings (SSSR count). The smallest absolute Gasteiger partial charge is 0.245 e. The van der Waals surface area contributed by atoms with Gasteiger partial charge in [0, 0.05) is 45.1 Å². The van der Waals surface area contributed by atoms with Gasteiger partial charge in [-0.2, -0.15) is 0 Å². The molecule has 0 radical (unpaired) electrons. The Morgan fingerprint density at radius 2 is 1.95 bits per heavy atom. The number of hydrogen-bond acceptors (Lipinski definition) is 5. The highest BCUT2D eigenvalue weighted by Crippen LogP contribution is 2.24. The van der Waals surface area contributed by atoms with E-state index in [4.69, 9.17) is 0 Å². The van der Waals surface area contributed by atoms with E-state index in [0.29, 0.717) is 5.95 Å². The Morgan fingerprint density at radius 3 is 2.65 bits per heavy atom. The van der Waals surface area contributed by atoms with Crippen molar-refractivity contribution < 1.29 is 4.79 Å². The molecule has 20 heavy (non-hydrogen) atoms. The summed E-state index contributed by atoms with van der Waals surface area (Å²) in [5.74, 6) is 0.870. The zero-order valence-electron chi connectivity index (χ0n) is 11.3. The minimum Gasteiger partial charge on any atom is -0.338 e. The Hall–Kier alpha value is -1.21. The molecule has 1 amide bonds. The van der Waals surface area contributed by atoms with Crippen molar-refractivity contribution in [3.8, 4) is 0 Å². The number of aromatic nitrogens is 2. The molecule has 0 spiro atoms. The summed E-state index contributed by atoms with van der Waals surface area (Å²) < 4.78 is 0.852. The summed E-state index contributed by atoms with van der Waals surface area (Å²) in [6, 6.07) is -0.103. The average Bonchev–Trinajstić information content (AvgIpc) is 2.97. The molecule has 1 N–H and O–H groups in total. The molecule has 1 atom stereocenters. The molecule has 2 aliphatic heterocycles. The van der Waals surface area contributed by atoms with Crippen molar-refractivity contribution in [1.29, 1.82) is 0 Å². The lowest BCUT2D eigenvalue weighted by Crippen LogP contribution is -2.52. The molecule has 0 aromatic carbocycles. The normalized spacial score (nSPS) is 23.1. The molecular weight excluding hydrogens is 322 g/mol. The first-order chi connectivity index (χ1) is 9.75. The predicted molar refractivity (Wildman–Crippen MR) is 79.5 cm³/mol. The molecule has 2 aliphatic rings. The second-order valence-corrected chi connectivity index (χ2v) is 6.04. The van der Waals surface area contributed by atoms with Crippen molar-refractivity contribution >= 4 is 27.8 Å². The number of piperazine rings is 1. The number of anilines is 1. The quantitative estimate of drug-likeness (QED) is 0.856. The van der Waals surface area contributed by atoms with Gasteiger partial charge < -0.3 is 15.1 Å². The van der Waals surface area contributed by atoms with Gasteiger partial charge in [-0.1, -0.05) is 0 Å². The van der Waals surface area contributed by atoms with Crippen LogP contribution < -0.4 is 10.2 Å². The lowest BCUT2D eigenvalue weighted by atomic mass is 10.2. The molecule has 1 unspecified atom stereocenters. The van der Waals surface area contributed by atoms with Crippen LogP contribution in [0.5, 0.6) is 0 Å². The van der Waals surface area contributed by atoms with Crippen LogP contribution in [0.4, 0.5) is 5.95 Å². The van der Waals surface area contributed by atoms with Gasteiger partial charge in [0.2, 0.25) is 11.9 Å². The summed E-state index contributed by atoms with van der Waals surface area (Å²) in [6.07, 6.45) is 5.37. The van der Waals surface area contributed by atoms with Crippen LogP contribution in [0.1, 0.15) is 12.8 Å². The Kier molecular flexibility index (Phi) is 4.16. The van der Waals surface area contributed by atoms with Gasteiger partial charge in [0.15, 0.2) is 0 Å². The van der Waals surface area contributed by atoms with Gasteiger partial charge in [0.1, 0.15) is 6.04 Å². The number of carbonyl (C=O) groups is 1. The summed E-state index contributed by atoms with van der Waals surface area (Å²) in [4.78, 5) is 25.3. The van der Waals surface area contributed by atoms with Crippen LogP contribution in [0.2, 0.25) is 0 Å². The monoisotopic (exact) mass is 339 g/mol. The molecule has 108 valence electrons. The van der Waals surface area contributed by atoms with E-state index in [9.17, 15) is 4.79 Å². The number of rotatable bonds is 2. The standard InChI is InChI=1S/C13H18BrN5O/c14-10-8-16-13(17-9-10)19-5-1-2-11(19)12(20)18-6-3-15-4-7-18/h8-9,11,15H,1-7H2. The zero-order chi connectivity index (χ0) is 13.9. The van der Waals surface area contributed by atoms with Gasteiger partial charge in [-0.25, -0.2) is 9.97 Å². The van der Waals surface area contributed by atoms with Crippen molar-refractivity contribution in [2.45, 2.75) is 18.9 Å². The number of halogens is 1. The van der Waals surface area contributed by atoms with E-state index in [0.717, 1.165) is 50.0 Å². The molecular formula is C13H18BrN5O. The molecule has 1 aromatic heterocycles.